The number of hydrogen-bond donors (Lipinski definition) is 2. The standard InChI is InChI=1S/C27H34O5/c1-25-14-20(18-4-2-17(15-28)3-5-18)24-19(21(25)6-7-23(25)29)8-10-26(30)16-27(11-9-22(24)26)31-12-13-32-27/h2-5,19-21,28,30H,6-16H2,1H3/t19-,20+,21-,25-,26+/m0/s1. The van der Waals surface area contributed by atoms with Crippen molar-refractivity contribution in [1.29, 1.82) is 0 Å². The lowest BCUT2D eigenvalue weighted by molar-refractivity contribution is -0.208. The largest absolute Gasteiger partial charge is 0.392 e. The van der Waals surface area contributed by atoms with Crippen LogP contribution in [0.15, 0.2) is 35.4 Å². The summed E-state index contributed by atoms with van der Waals surface area (Å²) in [6.07, 6.45) is 6.23. The van der Waals surface area contributed by atoms with Crippen molar-refractivity contribution in [2.24, 2.45) is 17.3 Å². The van der Waals surface area contributed by atoms with Gasteiger partial charge in [-0.3, -0.25) is 4.79 Å². The molecule has 3 saturated carbocycles. The monoisotopic (exact) mass is 438 g/mol. The summed E-state index contributed by atoms with van der Waals surface area (Å²) in [5, 5.41) is 21.4. The number of aliphatic hydroxyl groups excluding tert-OH is 1. The molecule has 0 radical (unpaired) electrons. The molecule has 1 saturated heterocycles. The van der Waals surface area contributed by atoms with Crippen LogP contribution in [0, 0.1) is 17.3 Å². The Hall–Kier alpha value is -1.53. The number of allylic oxidation sites excluding steroid dienone is 1. The molecule has 0 unspecified atom stereocenters. The van der Waals surface area contributed by atoms with Crippen LogP contribution in [0.4, 0.5) is 0 Å². The van der Waals surface area contributed by atoms with E-state index in [2.05, 4.69) is 19.1 Å². The summed E-state index contributed by atoms with van der Waals surface area (Å²) in [6, 6.07) is 8.22. The van der Waals surface area contributed by atoms with Gasteiger partial charge >= 0.3 is 0 Å². The number of benzene rings is 1. The third kappa shape index (κ3) is 2.94. The Morgan fingerprint density at radius 2 is 1.81 bits per heavy atom. The number of hydrogen-bond acceptors (Lipinski definition) is 5. The average molecular weight is 439 g/mol. The van der Waals surface area contributed by atoms with Crippen molar-refractivity contribution in [3.63, 3.8) is 0 Å². The van der Waals surface area contributed by atoms with Gasteiger partial charge in [-0.15, -0.1) is 0 Å². The van der Waals surface area contributed by atoms with Gasteiger partial charge in [0.2, 0.25) is 0 Å². The van der Waals surface area contributed by atoms with E-state index in [1.54, 1.807) is 0 Å². The first kappa shape index (κ1) is 21.0. The second-order valence-corrected chi connectivity index (χ2v) is 11.0. The predicted octanol–water partition coefficient (Wildman–Crippen LogP) is 4.02. The molecule has 0 aromatic heterocycles. The topological polar surface area (TPSA) is 76.0 Å². The maximum Gasteiger partial charge on any atom is 0.171 e. The molecule has 5 heteroatoms. The van der Waals surface area contributed by atoms with Crippen LogP contribution in [0.25, 0.3) is 0 Å². The van der Waals surface area contributed by atoms with E-state index in [1.807, 2.05) is 12.1 Å². The van der Waals surface area contributed by atoms with Crippen molar-refractivity contribution in [2.45, 2.75) is 82.2 Å². The molecular formula is C27H34O5. The van der Waals surface area contributed by atoms with Gasteiger partial charge in [-0.25, -0.2) is 0 Å². The Balaban J connectivity index is 1.47. The van der Waals surface area contributed by atoms with Crippen molar-refractivity contribution >= 4 is 5.78 Å². The number of carbonyl (C=O) groups excluding carboxylic acids is 1. The number of aliphatic hydroxyl groups is 2. The fraction of sp³-hybridized carbons (Fsp3) is 0.667. The first-order valence-corrected chi connectivity index (χ1v) is 12.3. The van der Waals surface area contributed by atoms with Gasteiger partial charge < -0.3 is 19.7 Å². The summed E-state index contributed by atoms with van der Waals surface area (Å²) in [6.45, 7) is 3.43. The summed E-state index contributed by atoms with van der Waals surface area (Å²) in [5.41, 5.74) is 3.55. The maximum atomic E-state index is 13.1. The molecule has 1 aromatic carbocycles. The molecular weight excluding hydrogens is 404 g/mol. The third-order valence-electron chi connectivity index (χ3n) is 9.50. The van der Waals surface area contributed by atoms with Crippen molar-refractivity contribution in [2.75, 3.05) is 13.2 Å². The Morgan fingerprint density at radius 3 is 2.53 bits per heavy atom. The summed E-state index contributed by atoms with van der Waals surface area (Å²) >= 11 is 0. The molecule has 6 rings (SSSR count). The predicted molar refractivity (Wildman–Crippen MR) is 119 cm³/mol. The molecule has 1 aliphatic heterocycles. The number of fused-ring (bicyclic) bond motifs is 4. The van der Waals surface area contributed by atoms with E-state index in [1.165, 1.54) is 16.7 Å². The zero-order valence-electron chi connectivity index (χ0n) is 18.9. The first-order valence-electron chi connectivity index (χ1n) is 12.3. The molecule has 4 aliphatic carbocycles. The molecule has 32 heavy (non-hydrogen) atoms. The van der Waals surface area contributed by atoms with Gasteiger partial charge in [0.25, 0.3) is 0 Å². The van der Waals surface area contributed by atoms with Crippen LogP contribution in [0.3, 0.4) is 0 Å². The molecule has 5 nitrogen and oxygen atoms in total. The molecule has 1 heterocycles. The lowest BCUT2D eigenvalue weighted by Crippen LogP contribution is -2.53. The van der Waals surface area contributed by atoms with Crippen LogP contribution in [-0.4, -0.2) is 40.6 Å². The van der Waals surface area contributed by atoms with E-state index in [4.69, 9.17) is 9.47 Å². The minimum absolute atomic E-state index is 0.0294. The van der Waals surface area contributed by atoms with Gasteiger partial charge in [0.1, 0.15) is 5.78 Å². The normalized spacial score (nSPS) is 40.3. The highest BCUT2D eigenvalue weighted by Gasteiger charge is 2.60. The van der Waals surface area contributed by atoms with E-state index in [9.17, 15) is 15.0 Å². The SMILES string of the molecule is C[C@]12C[C@H](c3ccc(CO)cc3)C3=C4CCC5(C[C@]4(O)CC[C@H]3[C@@H]1CCC2=O)OCCO5. The van der Waals surface area contributed by atoms with Crippen LogP contribution in [-0.2, 0) is 20.9 Å². The Labute approximate surface area is 189 Å². The number of ether oxygens (including phenoxy) is 2. The van der Waals surface area contributed by atoms with Gasteiger partial charge in [0.15, 0.2) is 5.79 Å². The second-order valence-electron chi connectivity index (χ2n) is 11.0. The summed E-state index contributed by atoms with van der Waals surface area (Å²) in [5.74, 6) is 0.663. The number of rotatable bonds is 2. The van der Waals surface area contributed by atoms with Gasteiger partial charge in [-0.2, -0.15) is 0 Å². The minimum atomic E-state index is -0.881. The van der Waals surface area contributed by atoms with Crippen LogP contribution < -0.4 is 0 Å². The second kappa shape index (κ2) is 7.23. The van der Waals surface area contributed by atoms with Crippen molar-refractivity contribution in [3.8, 4) is 0 Å². The molecule has 2 N–H and O–H groups in total. The summed E-state index contributed by atoms with van der Waals surface area (Å²) < 4.78 is 12.0. The van der Waals surface area contributed by atoms with E-state index in [0.29, 0.717) is 43.7 Å². The zero-order chi connectivity index (χ0) is 22.1. The van der Waals surface area contributed by atoms with Crippen LogP contribution in [0.5, 0.6) is 0 Å². The van der Waals surface area contributed by atoms with E-state index >= 15 is 0 Å². The molecule has 172 valence electrons. The molecule has 4 fully saturated rings. The highest BCUT2D eigenvalue weighted by atomic mass is 16.7. The number of Topliss-reactive ketones (excluding diaryl/α,β-unsaturated/α-hetero) is 1. The Bertz CT molecular complexity index is 959. The maximum absolute atomic E-state index is 13.1. The van der Waals surface area contributed by atoms with Gasteiger partial charge in [0.05, 0.1) is 25.4 Å². The summed E-state index contributed by atoms with van der Waals surface area (Å²) in [7, 11) is 0. The average Bonchev–Trinajstić information content (AvgIpc) is 3.36. The smallest absolute Gasteiger partial charge is 0.171 e. The minimum Gasteiger partial charge on any atom is -0.392 e. The van der Waals surface area contributed by atoms with Crippen molar-refractivity contribution < 1.29 is 24.5 Å². The highest BCUT2D eigenvalue weighted by molar-refractivity contribution is 5.87. The third-order valence-corrected chi connectivity index (χ3v) is 9.50. The van der Waals surface area contributed by atoms with Crippen molar-refractivity contribution in [3.05, 3.63) is 46.5 Å². The van der Waals surface area contributed by atoms with Crippen LogP contribution >= 0.6 is 0 Å². The zero-order valence-corrected chi connectivity index (χ0v) is 18.9. The van der Waals surface area contributed by atoms with Crippen LogP contribution in [0.2, 0.25) is 0 Å². The molecule has 1 aromatic rings. The molecule has 5 aliphatic rings. The van der Waals surface area contributed by atoms with Crippen molar-refractivity contribution in [1.82, 2.24) is 0 Å². The molecule has 0 bridgehead atoms. The molecule has 0 amide bonds. The van der Waals surface area contributed by atoms with E-state index < -0.39 is 11.4 Å². The Kier molecular flexibility index (Phi) is 4.75. The quantitative estimate of drug-likeness (QED) is 0.682. The fourth-order valence-corrected chi connectivity index (χ4v) is 7.94. The highest BCUT2D eigenvalue weighted by Crippen LogP contribution is 2.64. The number of carbonyl (C=O) groups is 1. The van der Waals surface area contributed by atoms with E-state index in [0.717, 1.165) is 44.1 Å². The van der Waals surface area contributed by atoms with Gasteiger partial charge in [-0.05, 0) is 60.6 Å². The van der Waals surface area contributed by atoms with Gasteiger partial charge in [-0.1, -0.05) is 36.8 Å². The fourth-order valence-electron chi connectivity index (χ4n) is 7.94. The molecule has 1 spiro atoms. The number of ketones is 1. The Morgan fingerprint density at radius 1 is 1.06 bits per heavy atom. The van der Waals surface area contributed by atoms with Gasteiger partial charge in [0, 0.05) is 30.6 Å². The van der Waals surface area contributed by atoms with Crippen LogP contribution in [0.1, 0.15) is 75.3 Å². The summed E-state index contributed by atoms with van der Waals surface area (Å²) in [4.78, 5) is 13.1. The first-order chi connectivity index (χ1) is 15.4. The molecule has 5 atom stereocenters. The lowest BCUT2D eigenvalue weighted by Gasteiger charge is -2.55. The lowest BCUT2D eigenvalue weighted by atomic mass is 9.51. The van der Waals surface area contributed by atoms with E-state index in [-0.39, 0.29) is 17.9 Å².